The second-order valence-corrected chi connectivity index (χ2v) is 6.68. The number of nitrogens with zero attached hydrogens (tertiary/aromatic N) is 2. The molecule has 2 N–H and O–H groups in total. The number of carbonyl (C=O) groups excluding carboxylic acids is 1. The van der Waals surface area contributed by atoms with Gasteiger partial charge in [0.1, 0.15) is 11.3 Å². The molecule has 134 valence electrons. The van der Waals surface area contributed by atoms with Crippen molar-refractivity contribution in [2.24, 2.45) is 5.10 Å². The second kappa shape index (κ2) is 7.51. The highest BCUT2D eigenvalue weighted by Crippen LogP contribution is 2.25. The molecular weight excluding hydrogens is 362 g/mol. The first-order valence-corrected chi connectivity index (χ1v) is 9.20. The number of phenolic OH excluding ortho intramolecular Hbond substituents is 1. The molecule has 0 bridgehead atoms. The molecule has 3 aromatic carbocycles. The number of benzene rings is 3. The summed E-state index contributed by atoms with van der Waals surface area (Å²) < 4.78 is 5.56. The van der Waals surface area contributed by atoms with E-state index in [9.17, 15) is 9.90 Å². The van der Waals surface area contributed by atoms with Crippen molar-refractivity contribution >= 4 is 45.8 Å². The monoisotopic (exact) mass is 377 g/mol. The highest BCUT2D eigenvalue weighted by atomic mass is 32.2. The minimum Gasteiger partial charge on any atom is -0.507 e. The quantitative estimate of drug-likeness (QED) is 0.313. The van der Waals surface area contributed by atoms with Crippen molar-refractivity contribution in [1.29, 1.82) is 0 Å². The van der Waals surface area contributed by atoms with Crippen molar-refractivity contribution in [2.75, 3.05) is 5.75 Å². The van der Waals surface area contributed by atoms with Crippen LogP contribution in [0.5, 0.6) is 5.75 Å². The smallest absolute Gasteiger partial charge is 0.257 e. The van der Waals surface area contributed by atoms with Crippen LogP contribution in [-0.4, -0.2) is 28.0 Å². The largest absolute Gasteiger partial charge is 0.507 e. The Hall–Kier alpha value is -3.32. The number of para-hydroxylation sites is 2. The maximum Gasteiger partial charge on any atom is 0.257 e. The number of thioether (sulfide) groups is 1. The molecule has 0 atom stereocenters. The van der Waals surface area contributed by atoms with Crippen molar-refractivity contribution < 1.29 is 14.3 Å². The summed E-state index contributed by atoms with van der Waals surface area (Å²) in [7, 11) is 0. The number of hydrazone groups is 1. The SMILES string of the molecule is O=C(CSc1nc2ccccc2o1)N/N=C/c1c(O)ccc2ccccc12. The first-order valence-electron chi connectivity index (χ1n) is 8.22. The number of phenols is 1. The first-order chi connectivity index (χ1) is 13.2. The van der Waals surface area contributed by atoms with Crippen LogP contribution in [0.4, 0.5) is 0 Å². The van der Waals surface area contributed by atoms with Crippen LogP contribution in [0.25, 0.3) is 21.9 Å². The van der Waals surface area contributed by atoms with Crippen molar-refractivity contribution in [3.05, 3.63) is 66.2 Å². The highest BCUT2D eigenvalue weighted by Gasteiger charge is 2.09. The van der Waals surface area contributed by atoms with Crippen molar-refractivity contribution in [3.63, 3.8) is 0 Å². The maximum absolute atomic E-state index is 12.0. The number of nitrogens with one attached hydrogen (secondary N) is 1. The Morgan fingerprint density at radius 1 is 1.15 bits per heavy atom. The standard InChI is InChI=1S/C20H15N3O3S/c24-17-10-9-13-5-1-2-6-14(13)15(17)11-21-23-19(25)12-27-20-22-16-7-3-4-8-18(16)26-20/h1-11,24H,12H2,(H,23,25)/b21-11+. The Kier molecular flexibility index (Phi) is 4.76. The Balaban J connectivity index is 1.40. The Morgan fingerprint density at radius 2 is 1.96 bits per heavy atom. The van der Waals surface area contributed by atoms with Crippen LogP contribution >= 0.6 is 11.8 Å². The zero-order valence-electron chi connectivity index (χ0n) is 14.1. The van der Waals surface area contributed by atoms with Gasteiger partial charge in [0.25, 0.3) is 11.1 Å². The van der Waals surface area contributed by atoms with Crippen molar-refractivity contribution in [2.45, 2.75) is 5.22 Å². The maximum atomic E-state index is 12.0. The molecule has 0 aliphatic heterocycles. The van der Waals surface area contributed by atoms with E-state index in [2.05, 4.69) is 15.5 Å². The zero-order valence-corrected chi connectivity index (χ0v) is 14.9. The van der Waals surface area contributed by atoms with E-state index in [1.54, 1.807) is 6.07 Å². The van der Waals surface area contributed by atoms with Crippen LogP contribution in [-0.2, 0) is 4.79 Å². The van der Waals surface area contributed by atoms with Crippen LogP contribution < -0.4 is 5.43 Å². The van der Waals surface area contributed by atoms with Crippen LogP contribution in [0.1, 0.15) is 5.56 Å². The van der Waals surface area contributed by atoms with E-state index in [4.69, 9.17) is 4.42 Å². The third-order valence-corrected chi connectivity index (χ3v) is 4.76. The van der Waals surface area contributed by atoms with Gasteiger partial charge in [-0.1, -0.05) is 54.2 Å². The second-order valence-electron chi connectivity index (χ2n) is 5.75. The molecule has 1 aromatic heterocycles. The molecule has 1 amide bonds. The summed E-state index contributed by atoms with van der Waals surface area (Å²) in [6.07, 6.45) is 1.44. The molecule has 0 fully saturated rings. The number of oxazole rings is 1. The average Bonchev–Trinajstić information content (AvgIpc) is 3.11. The van der Waals surface area contributed by atoms with Gasteiger partial charge >= 0.3 is 0 Å². The molecule has 0 unspecified atom stereocenters. The lowest BCUT2D eigenvalue weighted by molar-refractivity contribution is -0.118. The predicted octanol–water partition coefficient (Wildman–Crippen LogP) is 3.93. The third-order valence-electron chi connectivity index (χ3n) is 3.93. The molecule has 0 saturated heterocycles. The molecule has 0 spiro atoms. The van der Waals surface area contributed by atoms with Gasteiger partial charge in [0.05, 0.1) is 12.0 Å². The summed E-state index contributed by atoms with van der Waals surface area (Å²) in [6.45, 7) is 0. The van der Waals surface area contributed by atoms with Gasteiger partial charge in [-0.2, -0.15) is 5.10 Å². The molecule has 27 heavy (non-hydrogen) atoms. The molecule has 0 radical (unpaired) electrons. The third kappa shape index (κ3) is 3.78. The van der Waals surface area contributed by atoms with Gasteiger partial charge in [0, 0.05) is 5.56 Å². The number of carbonyl (C=O) groups is 1. The summed E-state index contributed by atoms with van der Waals surface area (Å²) in [5.41, 5.74) is 4.45. The molecular formula is C20H15N3O3S. The van der Waals surface area contributed by atoms with Crippen LogP contribution in [0, 0.1) is 0 Å². The predicted molar refractivity (Wildman–Crippen MR) is 106 cm³/mol. The van der Waals surface area contributed by atoms with Crippen LogP contribution in [0.15, 0.2) is 75.4 Å². The van der Waals surface area contributed by atoms with Gasteiger partial charge in [-0.3, -0.25) is 4.79 Å². The summed E-state index contributed by atoms with van der Waals surface area (Å²) >= 11 is 1.19. The number of hydrogen-bond donors (Lipinski definition) is 2. The van der Waals surface area contributed by atoms with Gasteiger partial charge in [-0.15, -0.1) is 0 Å². The van der Waals surface area contributed by atoms with E-state index in [1.807, 2.05) is 54.6 Å². The number of amides is 1. The van der Waals surface area contributed by atoms with Crippen molar-refractivity contribution in [1.82, 2.24) is 10.4 Å². The van der Waals surface area contributed by atoms with E-state index in [-0.39, 0.29) is 17.4 Å². The number of aromatic nitrogens is 1. The lowest BCUT2D eigenvalue weighted by atomic mass is 10.0. The first kappa shape index (κ1) is 17.1. The number of aromatic hydroxyl groups is 1. The minimum atomic E-state index is -0.293. The van der Waals surface area contributed by atoms with E-state index in [0.717, 1.165) is 16.3 Å². The van der Waals surface area contributed by atoms with Gasteiger partial charge < -0.3 is 9.52 Å². The van der Waals surface area contributed by atoms with Crippen molar-refractivity contribution in [3.8, 4) is 5.75 Å². The van der Waals surface area contributed by atoms with Gasteiger partial charge in [0.15, 0.2) is 5.58 Å². The molecule has 4 rings (SSSR count). The molecule has 1 heterocycles. The summed E-state index contributed by atoms with van der Waals surface area (Å²) in [4.78, 5) is 16.3. The van der Waals surface area contributed by atoms with Crippen LogP contribution in [0.2, 0.25) is 0 Å². The van der Waals surface area contributed by atoms with E-state index < -0.39 is 0 Å². The zero-order chi connectivity index (χ0) is 18.6. The van der Waals surface area contributed by atoms with Gasteiger partial charge in [0.2, 0.25) is 0 Å². The molecule has 0 aliphatic carbocycles. The Labute approximate surface area is 158 Å². The summed E-state index contributed by atoms with van der Waals surface area (Å²) in [5, 5.41) is 16.3. The number of hydrogen-bond acceptors (Lipinski definition) is 6. The average molecular weight is 377 g/mol. The number of fused-ring (bicyclic) bond motifs is 2. The van der Waals surface area contributed by atoms with Crippen LogP contribution in [0.3, 0.4) is 0 Å². The van der Waals surface area contributed by atoms with Gasteiger partial charge in [-0.05, 0) is 29.0 Å². The fourth-order valence-corrected chi connectivity index (χ4v) is 3.29. The molecule has 0 aliphatic rings. The highest BCUT2D eigenvalue weighted by molar-refractivity contribution is 7.99. The minimum absolute atomic E-state index is 0.104. The molecule has 4 aromatic rings. The Morgan fingerprint density at radius 3 is 2.85 bits per heavy atom. The summed E-state index contributed by atoms with van der Waals surface area (Å²) in [6, 6.07) is 18.5. The number of rotatable bonds is 5. The van der Waals surface area contributed by atoms with E-state index in [0.29, 0.717) is 16.4 Å². The molecule has 0 saturated carbocycles. The summed E-state index contributed by atoms with van der Waals surface area (Å²) in [5.74, 6) is -0.0723. The Bertz CT molecular complexity index is 1120. The normalized spacial score (nSPS) is 11.4. The van der Waals surface area contributed by atoms with E-state index >= 15 is 0 Å². The molecule has 7 heteroatoms. The lowest BCUT2D eigenvalue weighted by Gasteiger charge is -2.04. The lowest BCUT2D eigenvalue weighted by Crippen LogP contribution is -2.19. The topological polar surface area (TPSA) is 87.7 Å². The fourth-order valence-electron chi connectivity index (χ4n) is 2.66. The molecule has 6 nitrogen and oxygen atoms in total. The van der Waals surface area contributed by atoms with Gasteiger partial charge in [-0.25, -0.2) is 10.4 Å². The van der Waals surface area contributed by atoms with E-state index in [1.165, 1.54) is 18.0 Å². The fraction of sp³-hybridized carbons (Fsp3) is 0.0500.